The van der Waals surface area contributed by atoms with Crippen molar-refractivity contribution in [3.8, 4) is 0 Å². The highest BCUT2D eigenvalue weighted by Crippen LogP contribution is 2.43. The molecule has 1 unspecified atom stereocenters. The predicted octanol–water partition coefficient (Wildman–Crippen LogP) is 10.9. The highest BCUT2D eigenvalue weighted by molar-refractivity contribution is 7.47. The summed E-state index contributed by atoms with van der Waals surface area (Å²) in [5, 5.41) is 0. The van der Waals surface area contributed by atoms with E-state index in [0.717, 1.165) is 64.2 Å². The normalized spacial score (nSPS) is 14.3. The van der Waals surface area contributed by atoms with E-state index >= 15 is 0 Å². The Bertz CT molecular complexity index is 1080. The Kier molecular flexibility index (Phi) is 33.0. The van der Waals surface area contributed by atoms with Crippen LogP contribution in [0.1, 0.15) is 142 Å². The molecule has 0 bridgehead atoms. The number of ether oxygens (including phenoxy) is 2. The Hall–Kier alpha value is -2.29. The third-order valence-corrected chi connectivity index (χ3v) is 9.00. The lowest BCUT2D eigenvalue weighted by atomic mass is 10.1. The molecule has 1 N–H and O–H groups in total. The summed E-state index contributed by atoms with van der Waals surface area (Å²) in [6.45, 7) is 4.25. The van der Waals surface area contributed by atoms with E-state index < -0.39 is 32.5 Å². The smallest absolute Gasteiger partial charge is 0.462 e. The lowest BCUT2D eigenvalue weighted by Crippen LogP contribution is -2.37. The van der Waals surface area contributed by atoms with Crippen molar-refractivity contribution in [2.24, 2.45) is 0 Å². The molecule has 0 aliphatic carbocycles. The maximum absolute atomic E-state index is 12.6. The number of quaternary nitrogens is 1. The SMILES string of the molecule is CCCC/C=C\CCCCCCCC(=O)OC[C@H](COP(=O)(O)OCC[N+](C)(C)C)OC(=O)CCC/C=C\C/C=C\C/C=C\C/C=C\CCCCC. The van der Waals surface area contributed by atoms with Crippen LogP contribution in [0.5, 0.6) is 0 Å². The summed E-state index contributed by atoms with van der Waals surface area (Å²) in [6.07, 6.45) is 39.9. The lowest BCUT2D eigenvalue weighted by molar-refractivity contribution is -0.870. The zero-order valence-electron chi connectivity index (χ0n) is 33.5. The number of carbonyl (C=O) groups excluding carboxylic acids is 2. The van der Waals surface area contributed by atoms with Crippen molar-refractivity contribution in [2.75, 3.05) is 47.5 Å². The minimum Gasteiger partial charge on any atom is -0.462 e. The minimum atomic E-state index is -4.39. The Labute approximate surface area is 317 Å². The van der Waals surface area contributed by atoms with E-state index in [1.807, 2.05) is 27.2 Å². The zero-order valence-corrected chi connectivity index (χ0v) is 34.4. The summed E-state index contributed by atoms with van der Waals surface area (Å²) < 4.78 is 34.1. The van der Waals surface area contributed by atoms with Crippen molar-refractivity contribution in [1.82, 2.24) is 0 Å². The number of hydrogen-bond acceptors (Lipinski definition) is 7. The molecular formula is C42H75NO8P+. The van der Waals surface area contributed by atoms with Crippen LogP contribution in [0.2, 0.25) is 0 Å². The number of rotatable bonds is 35. The molecule has 2 atom stereocenters. The number of phosphoric ester groups is 1. The monoisotopic (exact) mass is 753 g/mol. The molecule has 9 nitrogen and oxygen atoms in total. The van der Waals surface area contributed by atoms with Gasteiger partial charge in [-0.05, 0) is 70.6 Å². The van der Waals surface area contributed by atoms with Gasteiger partial charge in [0.05, 0.1) is 27.7 Å². The summed E-state index contributed by atoms with van der Waals surface area (Å²) in [7, 11) is 1.43. The third kappa shape index (κ3) is 37.5. The number of carbonyl (C=O) groups is 2. The number of nitrogens with zero attached hydrogens (tertiary/aromatic N) is 1. The highest BCUT2D eigenvalue weighted by Gasteiger charge is 2.27. The van der Waals surface area contributed by atoms with Crippen molar-refractivity contribution in [2.45, 2.75) is 148 Å². The minimum absolute atomic E-state index is 0.0177. The largest absolute Gasteiger partial charge is 0.472 e. The van der Waals surface area contributed by atoms with Gasteiger partial charge in [0, 0.05) is 12.8 Å². The summed E-state index contributed by atoms with van der Waals surface area (Å²) in [6, 6.07) is 0. The molecule has 0 spiro atoms. The summed E-state index contributed by atoms with van der Waals surface area (Å²) in [5.74, 6) is -0.883. The lowest BCUT2D eigenvalue weighted by Gasteiger charge is -2.24. The number of unbranched alkanes of at least 4 members (excludes halogenated alkanes) is 11. The van der Waals surface area contributed by atoms with Crippen LogP contribution in [0.15, 0.2) is 60.8 Å². The van der Waals surface area contributed by atoms with Gasteiger partial charge in [-0.2, -0.15) is 0 Å². The van der Waals surface area contributed by atoms with Crippen molar-refractivity contribution in [1.29, 1.82) is 0 Å². The zero-order chi connectivity index (χ0) is 38.6. The summed E-state index contributed by atoms with van der Waals surface area (Å²) in [5.41, 5.74) is 0. The van der Waals surface area contributed by atoms with E-state index in [2.05, 4.69) is 68.5 Å². The highest BCUT2D eigenvalue weighted by atomic mass is 31.2. The fourth-order valence-electron chi connectivity index (χ4n) is 4.81. The van der Waals surface area contributed by atoms with Gasteiger partial charge in [-0.25, -0.2) is 4.57 Å². The van der Waals surface area contributed by atoms with Gasteiger partial charge >= 0.3 is 19.8 Å². The van der Waals surface area contributed by atoms with Crippen LogP contribution < -0.4 is 0 Å². The molecule has 0 heterocycles. The molecule has 0 radical (unpaired) electrons. The number of allylic oxidation sites excluding steroid dienone is 10. The van der Waals surface area contributed by atoms with Crippen LogP contribution in [0, 0.1) is 0 Å². The van der Waals surface area contributed by atoms with E-state index in [0.29, 0.717) is 23.9 Å². The average molecular weight is 753 g/mol. The van der Waals surface area contributed by atoms with Crippen LogP contribution in [-0.4, -0.2) is 74.9 Å². The molecule has 10 heteroatoms. The fraction of sp³-hybridized carbons (Fsp3) is 0.714. The van der Waals surface area contributed by atoms with Crippen LogP contribution in [0.4, 0.5) is 0 Å². The molecule has 0 aliphatic heterocycles. The first-order chi connectivity index (χ1) is 25.0. The van der Waals surface area contributed by atoms with Gasteiger partial charge in [0.2, 0.25) is 0 Å². The molecule has 0 aromatic heterocycles. The Morgan fingerprint density at radius 3 is 1.67 bits per heavy atom. The van der Waals surface area contributed by atoms with Gasteiger partial charge in [0.1, 0.15) is 19.8 Å². The van der Waals surface area contributed by atoms with Crippen LogP contribution >= 0.6 is 7.82 Å². The van der Waals surface area contributed by atoms with E-state index in [9.17, 15) is 19.0 Å². The van der Waals surface area contributed by atoms with Crippen molar-refractivity contribution in [3.05, 3.63) is 60.8 Å². The van der Waals surface area contributed by atoms with Gasteiger partial charge in [0.15, 0.2) is 6.10 Å². The van der Waals surface area contributed by atoms with E-state index in [4.69, 9.17) is 18.5 Å². The second-order valence-electron chi connectivity index (χ2n) is 14.3. The standard InChI is InChI=1S/C42H74NO8P/c1-6-8-10-12-14-16-18-19-20-21-22-23-25-27-29-31-33-35-42(45)51-40(39-50-52(46,47)49-37-36-43(3,4)5)38-48-41(44)34-32-30-28-26-24-17-15-13-11-9-7-2/h13-16,19-20,22-23,27,29,40H,6-12,17-18,21,24-26,28,30-39H2,1-5H3/p+1/b15-13-,16-14-,20-19-,23-22-,29-27-/t40-/m1/s1. The predicted molar refractivity (Wildman–Crippen MR) is 215 cm³/mol. The molecule has 0 saturated carbocycles. The molecule has 0 aromatic rings. The first-order valence-electron chi connectivity index (χ1n) is 20.0. The van der Waals surface area contributed by atoms with Crippen molar-refractivity contribution in [3.63, 3.8) is 0 Å². The molecule has 0 amide bonds. The molecule has 0 aliphatic rings. The number of phosphoric acid groups is 1. The first-order valence-corrected chi connectivity index (χ1v) is 21.5. The first kappa shape index (κ1) is 49.7. The molecule has 0 fully saturated rings. The molecule has 52 heavy (non-hydrogen) atoms. The average Bonchev–Trinajstić information content (AvgIpc) is 3.09. The second kappa shape index (κ2) is 34.5. The van der Waals surface area contributed by atoms with E-state index in [1.54, 1.807) is 0 Å². The Morgan fingerprint density at radius 1 is 0.596 bits per heavy atom. The number of hydrogen-bond donors (Lipinski definition) is 1. The van der Waals surface area contributed by atoms with E-state index in [1.165, 1.54) is 38.5 Å². The van der Waals surface area contributed by atoms with Gasteiger partial charge in [-0.1, -0.05) is 120 Å². The van der Waals surface area contributed by atoms with Crippen LogP contribution in [0.25, 0.3) is 0 Å². The van der Waals surface area contributed by atoms with Crippen LogP contribution in [0.3, 0.4) is 0 Å². The summed E-state index contributed by atoms with van der Waals surface area (Å²) in [4.78, 5) is 35.2. The topological polar surface area (TPSA) is 108 Å². The quantitative estimate of drug-likeness (QED) is 0.0224. The molecular weight excluding hydrogens is 677 g/mol. The van der Waals surface area contributed by atoms with Crippen molar-refractivity contribution < 1.29 is 42.1 Å². The number of esters is 2. The third-order valence-electron chi connectivity index (χ3n) is 8.02. The number of likely N-dealkylation sites (N-methyl/N-ethyl adjacent to an activating group) is 1. The summed E-state index contributed by atoms with van der Waals surface area (Å²) >= 11 is 0. The molecule has 300 valence electrons. The molecule has 0 aromatic carbocycles. The van der Waals surface area contributed by atoms with Crippen LogP contribution in [-0.2, 0) is 32.7 Å². The van der Waals surface area contributed by atoms with E-state index in [-0.39, 0.29) is 26.1 Å². The maximum Gasteiger partial charge on any atom is 0.472 e. The van der Waals surface area contributed by atoms with Crippen molar-refractivity contribution >= 4 is 19.8 Å². The maximum atomic E-state index is 12.6. The van der Waals surface area contributed by atoms with Gasteiger partial charge in [-0.3, -0.25) is 18.6 Å². The Balaban J connectivity index is 4.54. The molecule has 0 rings (SSSR count). The Morgan fingerprint density at radius 2 is 1.08 bits per heavy atom. The van der Waals surface area contributed by atoms with Gasteiger partial charge < -0.3 is 18.9 Å². The molecule has 0 saturated heterocycles. The fourth-order valence-corrected chi connectivity index (χ4v) is 5.55. The van der Waals surface area contributed by atoms with Gasteiger partial charge in [-0.15, -0.1) is 0 Å². The second-order valence-corrected chi connectivity index (χ2v) is 15.8. The van der Waals surface area contributed by atoms with Gasteiger partial charge in [0.25, 0.3) is 0 Å².